The van der Waals surface area contributed by atoms with Crippen molar-refractivity contribution in [1.29, 1.82) is 0 Å². The zero-order valence-electron chi connectivity index (χ0n) is 24.0. The van der Waals surface area contributed by atoms with Gasteiger partial charge < -0.3 is 9.47 Å². The van der Waals surface area contributed by atoms with Crippen molar-refractivity contribution in [3.63, 3.8) is 0 Å². The number of pyridine rings is 1. The summed E-state index contributed by atoms with van der Waals surface area (Å²) in [6.07, 6.45) is 10.5. The summed E-state index contributed by atoms with van der Waals surface area (Å²) in [7, 11) is 0. The zero-order valence-corrected chi connectivity index (χ0v) is 24.0. The SMILES string of the molecule is CC1CCC(C(C)C)C(OC(=O)[C@@H](c2ccc(OCc3ccc4ccccc4n3)cc2)C2CCCCCC2)C1. The maximum Gasteiger partial charge on any atom is 0.313 e. The number of benzene rings is 2. The number of ether oxygens (including phenoxy) is 2. The Hall–Kier alpha value is -2.88. The summed E-state index contributed by atoms with van der Waals surface area (Å²) >= 11 is 0. The molecule has 4 heteroatoms. The maximum absolute atomic E-state index is 13.9. The Morgan fingerprint density at radius 1 is 0.897 bits per heavy atom. The molecular formula is C35H45NO3. The van der Waals surface area contributed by atoms with Gasteiger partial charge in [0.25, 0.3) is 0 Å². The predicted octanol–water partition coefficient (Wildman–Crippen LogP) is 8.87. The van der Waals surface area contributed by atoms with Crippen LogP contribution in [0.3, 0.4) is 0 Å². The largest absolute Gasteiger partial charge is 0.487 e. The van der Waals surface area contributed by atoms with E-state index in [1.165, 1.54) is 32.1 Å². The molecule has 39 heavy (non-hydrogen) atoms. The number of hydrogen-bond acceptors (Lipinski definition) is 4. The Kier molecular flexibility index (Phi) is 9.21. The van der Waals surface area contributed by atoms with E-state index < -0.39 is 0 Å². The highest BCUT2D eigenvalue weighted by molar-refractivity contribution is 5.79. The molecule has 2 aliphatic carbocycles. The van der Waals surface area contributed by atoms with Gasteiger partial charge in [-0.15, -0.1) is 0 Å². The van der Waals surface area contributed by atoms with Crippen molar-refractivity contribution >= 4 is 16.9 Å². The van der Waals surface area contributed by atoms with Gasteiger partial charge in [0, 0.05) is 5.39 Å². The quantitative estimate of drug-likeness (QED) is 0.217. The van der Waals surface area contributed by atoms with Crippen LogP contribution in [-0.2, 0) is 16.1 Å². The Balaban J connectivity index is 1.31. The third-order valence-corrected chi connectivity index (χ3v) is 9.14. The van der Waals surface area contributed by atoms with E-state index in [0.29, 0.717) is 30.3 Å². The molecule has 0 radical (unpaired) electrons. The van der Waals surface area contributed by atoms with E-state index in [4.69, 9.17) is 14.5 Å². The molecule has 4 nitrogen and oxygen atoms in total. The fourth-order valence-electron chi connectivity index (χ4n) is 6.83. The molecule has 5 rings (SSSR count). The first-order chi connectivity index (χ1) is 19.0. The molecule has 0 N–H and O–H groups in total. The Morgan fingerprint density at radius 3 is 2.38 bits per heavy atom. The minimum Gasteiger partial charge on any atom is -0.487 e. The van der Waals surface area contributed by atoms with Crippen molar-refractivity contribution in [2.45, 2.75) is 97.2 Å². The molecule has 3 unspecified atom stereocenters. The summed E-state index contributed by atoms with van der Waals surface area (Å²) < 4.78 is 12.5. The van der Waals surface area contributed by atoms with Gasteiger partial charge in [0.05, 0.1) is 17.1 Å². The maximum atomic E-state index is 13.9. The summed E-state index contributed by atoms with van der Waals surface area (Å²) in [5.41, 5.74) is 2.94. The highest BCUT2D eigenvalue weighted by Crippen LogP contribution is 2.40. The summed E-state index contributed by atoms with van der Waals surface area (Å²) in [4.78, 5) is 18.7. The second kappa shape index (κ2) is 13.0. The second-order valence-corrected chi connectivity index (χ2v) is 12.4. The minimum atomic E-state index is -0.204. The van der Waals surface area contributed by atoms with E-state index in [1.54, 1.807) is 0 Å². The smallest absolute Gasteiger partial charge is 0.313 e. The number of carbonyl (C=O) groups is 1. The first-order valence-electron chi connectivity index (χ1n) is 15.3. The van der Waals surface area contributed by atoms with Gasteiger partial charge in [0.1, 0.15) is 18.5 Å². The van der Waals surface area contributed by atoms with Gasteiger partial charge in [-0.05, 0) is 79.2 Å². The zero-order chi connectivity index (χ0) is 27.2. The number of para-hydroxylation sites is 1. The molecule has 0 saturated heterocycles. The van der Waals surface area contributed by atoms with Crippen LogP contribution in [0.15, 0.2) is 60.7 Å². The van der Waals surface area contributed by atoms with Crippen molar-refractivity contribution in [3.8, 4) is 5.75 Å². The number of esters is 1. The van der Waals surface area contributed by atoms with Crippen molar-refractivity contribution in [2.75, 3.05) is 0 Å². The van der Waals surface area contributed by atoms with Gasteiger partial charge in [-0.1, -0.05) is 89.3 Å². The molecule has 2 aromatic carbocycles. The van der Waals surface area contributed by atoms with Crippen LogP contribution in [0.1, 0.15) is 95.7 Å². The number of carbonyl (C=O) groups excluding carboxylic acids is 1. The molecule has 3 aromatic rings. The average Bonchev–Trinajstić information content (AvgIpc) is 3.22. The molecule has 0 bridgehead atoms. The first kappa shape index (κ1) is 27.7. The van der Waals surface area contributed by atoms with Crippen LogP contribution in [0, 0.1) is 23.7 Å². The van der Waals surface area contributed by atoms with E-state index in [0.717, 1.165) is 53.6 Å². The molecule has 2 aliphatic rings. The number of fused-ring (bicyclic) bond motifs is 1. The molecular weight excluding hydrogens is 482 g/mol. The summed E-state index contributed by atoms with van der Waals surface area (Å²) in [6, 6.07) is 20.4. The van der Waals surface area contributed by atoms with Gasteiger partial charge in [-0.2, -0.15) is 0 Å². The molecule has 2 saturated carbocycles. The van der Waals surface area contributed by atoms with E-state index in [1.807, 2.05) is 36.4 Å². The highest BCUT2D eigenvalue weighted by atomic mass is 16.5. The monoisotopic (exact) mass is 527 g/mol. The number of rotatable bonds is 8. The summed E-state index contributed by atoms with van der Waals surface area (Å²) in [5.74, 6) is 2.52. The lowest BCUT2D eigenvalue weighted by Crippen LogP contribution is -2.38. The molecule has 4 atom stereocenters. The van der Waals surface area contributed by atoms with Crippen LogP contribution >= 0.6 is 0 Å². The Bertz CT molecular complexity index is 1210. The third-order valence-electron chi connectivity index (χ3n) is 9.14. The first-order valence-corrected chi connectivity index (χ1v) is 15.3. The fraction of sp³-hybridized carbons (Fsp3) is 0.543. The van der Waals surface area contributed by atoms with E-state index in [9.17, 15) is 4.79 Å². The summed E-state index contributed by atoms with van der Waals surface area (Å²) in [5, 5.41) is 1.13. The second-order valence-electron chi connectivity index (χ2n) is 12.4. The fourth-order valence-corrected chi connectivity index (χ4v) is 6.83. The highest BCUT2D eigenvalue weighted by Gasteiger charge is 2.37. The van der Waals surface area contributed by atoms with E-state index in [2.05, 4.69) is 45.0 Å². The van der Waals surface area contributed by atoms with Crippen LogP contribution < -0.4 is 4.74 Å². The summed E-state index contributed by atoms with van der Waals surface area (Å²) in [6.45, 7) is 7.26. The van der Waals surface area contributed by atoms with Crippen LogP contribution in [0.25, 0.3) is 10.9 Å². The Labute approximate surface area is 234 Å². The van der Waals surface area contributed by atoms with Crippen LogP contribution in [0.4, 0.5) is 0 Å². The van der Waals surface area contributed by atoms with Gasteiger partial charge in [-0.3, -0.25) is 4.79 Å². The molecule has 0 aliphatic heterocycles. The van der Waals surface area contributed by atoms with Crippen molar-refractivity contribution < 1.29 is 14.3 Å². The van der Waals surface area contributed by atoms with Gasteiger partial charge >= 0.3 is 5.97 Å². The molecule has 1 aromatic heterocycles. The van der Waals surface area contributed by atoms with E-state index in [-0.39, 0.29) is 18.0 Å². The van der Waals surface area contributed by atoms with Crippen molar-refractivity contribution in [1.82, 2.24) is 4.98 Å². The molecule has 1 heterocycles. The van der Waals surface area contributed by atoms with Crippen molar-refractivity contribution in [3.05, 3.63) is 71.9 Å². The van der Waals surface area contributed by atoms with Gasteiger partial charge in [0.2, 0.25) is 0 Å². The van der Waals surface area contributed by atoms with Gasteiger partial charge in [0.15, 0.2) is 0 Å². The standard InChI is InChI=1S/C35H45NO3/c1-24(2)31-21-14-25(3)22-33(31)39-35(37)34(27-11-6-4-5-7-12-27)28-16-19-30(20-17-28)38-23-29-18-15-26-10-8-9-13-32(26)36-29/h8-10,13,15-20,24-25,27,31,33-34H,4-7,11-12,14,21-23H2,1-3H3/t25?,31?,33?,34-/m1/s1. The lowest BCUT2D eigenvalue weighted by molar-refractivity contribution is -0.159. The normalized spacial score (nSPS) is 23.3. The van der Waals surface area contributed by atoms with Gasteiger partial charge in [-0.25, -0.2) is 4.98 Å². The predicted molar refractivity (Wildman–Crippen MR) is 158 cm³/mol. The molecule has 0 amide bonds. The molecule has 2 fully saturated rings. The van der Waals surface area contributed by atoms with Crippen LogP contribution in [0.5, 0.6) is 5.75 Å². The topological polar surface area (TPSA) is 48.4 Å². The molecule has 208 valence electrons. The number of aromatic nitrogens is 1. The average molecular weight is 528 g/mol. The number of hydrogen-bond donors (Lipinski definition) is 0. The lowest BCUT2D eigenvalue weighted by atomic mass is 9.75. The van der Waals surface area contributed by atoms with Crippen LogP contribution in [0.2, 0.25) is 0 Å². The van der Waals surface area contributed by atoms with Crippen molar-refractivity contribution in [2.24, 2.45) is 23.7 Å². The lowest BCUT2D eigenvalue weighted by Gasteiger charge is -2.38. The third kappa shape index (κ3) is 7.01. The van der Waals surface area contributed by atoms with Crippen LogP contribution in [-0.4, -0.2) is 17.1 Å². The molecule has 0 spiro atoms. The van der Waals surface area contributed by atoms with E-state index >= 15 is 0 Å². The Morgan fingerprint density at radius 2 is 1.64 bits per heavy atom. The minimum absolute atomic E-state index is 0.0133. The number of nitrogens with zero attached hydrogens (tertiary/aromatic N) is 1.